The van der Waals surface area contributed by atoms with Crippen LogP contribution in [0.15, 0.2) is 23.0 Å². The first-order valence-corrected chi connectivity index (χ1v) is 9.06. The van der Waals surface area contributed by atoms with Gasteiger partial charge in [-0.05, 0) is 13.0 Å². The summed E-state index contributed by atoms with van der Waals surface area (Å²) >= 11 is 0. The number of hydrogen-bond acceptors (Lipinski definition) is 8. The number of amides is 1. The molecule has 2 heterocycles. The molecule has 150 valence electrons. The highest BCUT2D eigenvalue weighted by molar-refractivity contribution is 5.89. The number of hydrogen-bond donors (Lipinski definition) is 2. The molecule has 0 aromatic carbocycles. The minimum atomic E-state index is -1.36. The Morgan fingerprint density at radius 1 is 1.32 bits per heavy atom. The van der Waals surface area contributed by atoms with Crippen LogP contribution in [0.4, 0.5) is 0 Å². The standard InChI is InChI=1S/C18H23N5O5/c1-4-27-11-10-18(16(25)26,17(11,2)3)22-12(24)6-7-13-21-15(23-28-13)14-19-8-5-9-20-14/h5,8-9,11H,4,6-7,10H2,1-3H3,(H,22,24)(H,25,26). The predicted molar refractivity (Wildman–Crippen MR) is 96.0 cm³/mol. The molecular formula is C18H23N5O5. The van der Waals surface area contributed by atoms with Gasteiger partial charge < -0.3 is 19.7 Å². The van der Waals surface area contributed by atoms with Crippen LogP contribution < -0.4 is 5.32 Å². The molecule has 0 spiro atoms. The summed E-state index contributed by atoms with van der Waals surface area (Å²) < 4.78 is 10.7. The fraction of sp³-hybridized carbons (Fsp3) is 0.556. The van der Waals surface area contributed by atoms with Crippen LogP contribution in [0, 0.1) is 5.41 Å². The third-order valence-electron chi connectivity index (χ3n) is 5.28. The number of ether oxygens (including phenoxy) is 1. The van der Waals surface area contributed by atoms with Gasteiger partial charge in [-0.2, -0.15) is 4.98 Å². The molecule has 0 bridgehead atoms. The summed E-state index contributed by atoms with van der Waals surface area (Å²) in [6, 6.07) is 1.67. The van der Waals surface area contributed by atoms with Crippen LogP contribution in [0.3, 0.4) is 0 Å². The molecule has 2 unspecified atom stereocenters. The Morgan fingerprint density at radius 3 is 2.64 bits per heavy atom. The SMILES string of the molecule is CCOC1CC(NC(=O)CCc2nc(-c3ncccn3)no2)(C(=O)O)C1(C)C. The van der Waals surface area contributed by atoms with Crippen molar-refractivity contribution in [3.05, 3.63) is 24.4 Å². The van der Waals surface area contributed by atoms with Crippen LogP contribution in [0.1, 0.15) is 39.5 Å². The van der Waals surface area contributed by atoms with E-state index in [9.17, 15) is 14.7 Å². The first kappa shape index (κ1) is 19.9. The second-order valence-electron chi connectivity index (χ2n) is 7.21. The maximum Gasteiger partial charge on any atom is 0.330 e. The van der Waals surface area contributed by atoms with E-state index in [1.165, 1.54) is 0 Å². The second-order valence-corrected chi connectivity index (χ2v) is 7.21. The molecular weight excluding hydrogens is 366 g/mol. The normalized spacial score (nSPS) is 23.0. The molecule has 3 rings (SSSR count). The number of nitrogens with one attached hydrogen (secondary N) is 1. The Balaban J connectivity index is 1.61. The van der Waals surface area contributed by atoms with Gasteiger partial charge in [-0.25, -0.2) is 14.8 Å². The Bertz CT molecular complexity index is 853. The molecule has 2 atom stereocenters. The lowest BCUT2D eigenvalue weighted by Crippen LogP contribution is -2.76. The van der Waals surface area contributed by atoms with Crippen LogP contribution in [-0.2, 0) is 20.7 Å². The first-order chi connectivity index (χ1) is 13.3. The molecule has 0 saturated heterocycles. The van der Waals surface area contributed by atoms with Crippen LogP contribution in [0.5, 0.6) is 0 Å². The largest absolute Gasteiger partial charge is 0.479 e. The maximum atomic E-state index is 12.4. The summed E-state index contributed by atoms with van der Waals surface area (Å²) in [5.74, 6) is -0.658. The van der Waals surface area contributed by atoms with E-state index in [-0.39, 0.29) is 37.1 Å². The molecule has 10 nitrogen and oxygen atoms in total. The third kappa shape index (κ3) is 3.47. The second kappa shape index (κ2) is 7.63. The first-order valence-electron chi connectivity index (χ1n) is 9.06. The molecule has 1 aliphatic carbocycles. The number of carboxylic acid groups (broad SMARTS) is 1. The minimum absolute atomic E-state index is 0.0156. The van der Waals surface area contributed by atoms with E-state index in [0.29, 0.717) is 12.4 Å². The highest BCUT2D eigenvalue weighted by atomic mass is 16.5. The van der Waals surface area contributed by atoms with Crippen molar-refractivity contribution in [3.63, 3.8) is 0 Å². The monoisotopic (exact) mass is 389 g/mol. The van der Waals surface area contributed by atoms with E-state index < -0.39 is 22.8 Å². The summed E-state index contributed by atoms with van der Waals surface area (Å²) in [5, 5.41) is 16.2. The summed E-state index contributed by atoms with van der Waals surface area (Å²) in [7, 11) is 0. The molecule has 0 radical (unpaired) electrons. The Kier molecular flexibility index (Phi) is 5.41. The van der Waals surface area contributed by atoms with Gasteiger partial charge in [0.05, 0.1) is 6.10 Å². The number of carbonyl (C=O) groups is 2. The molecule has 1 saturated carbocycles. The Morgan fingerprint density at radius 2 is 2.04 bits per heavy atom. The fourth-order valence-corrected chi connectivity index (χ4v) is 3.42. The molecule has 2 aromatic heterocycles. The zero-order chi connectivity index (χ0) is 20.4. The topological polar surface area (TPSA) is 140 Å². The highest BCUT2D eigenvalue weighted by Crippen LogP contribution is 2.51. The molecule has 0 aliphatic heterocycles. The quantitative estimate of drug-likeness (QED) is 0.682. The number of aromatic nitrogens is 4. The van der Waals surface area contributed by atoms with E-state index in [1.807, 2.05) is 6.92 Å². The zero-order valence-corrected chi connectivity index (χ0v) is 16.0. The zero-order valence-electron chi connectivity index (χ0n) is 16.0. The van der Waals surface area contributed by atoms with Gasteiger partial charge in [-0.15, -0.1) is 0 Å². The van der Waals surface area contributed by atoms with Crippen molar-refractivity contribution in [1.82, 2.24) is 25.4 Å². The molecule has 10 heteroatoms. The number of aliphatic carboxylic acids is 1. The van der Waals surface area contributed by atoms with E-state index in [1.54, 1.807) is 32.3 Å². The van der Waals surface area contributed by atoms with Crippen LogP contribution in [0.25, 0.3) is 11.6 Å². The van der Waals surface area contributed by atoms with Crippen molar-refractivity contribution < 1.29 is 24.0 Å². The van der Waals surface area contributed by atoms with Crippen LogP contribution >= 0.6 is 0 Å². The highest BCUT2D eigenvalue weighted by Gasteiger charge is 2.66. The summed E-state index contributed by atoms with van der Waals surface area (Å²) in [5.41, 5.74) is -2.09. The van der Waals surface area contributed by atoms with E-state index in [0.717, 1.165) is 0 Å². The average Bonchev–Trinajstić information content (AvgIpc) is 3.15. The maximum absolute atomic E-state index is 12.4. The number of carboxylic acids is 1. The Labute approximate surface area is 161 Å². The molecule has 1 amide bonds. The van der Waals surface area contributed by atoms with Gasteiger partial charge in [0.1, 0.15) is 5.54 Å². The minimum Gasteiger partial charge on any atom is -0.479 e. The van der Waals surface area contributed by atoms with Gasteiger partial charge in [0.25, 0.3) is 0 Å². The lowest BCUT2D eigenvalue weighted by molar-refractivity contribution is -0.194. The van der Waals surface area contributed by atoms with Crippen molar-refractivity contribution in [1.29, 1.82) is 0 Å². The number of nitrogens with zero attached hydrogens (tertiary/aromatic N) is 4. The van der Waals surface area contributed by atoms with Crippen LogP contribution in [-0.4, -0.2) is 55.3 Å². The van der Waals surface area contributed by atoms with Gasteiger partial charge in [0.15, 0.2) is 0 Å². The number of aryl methyl sites for hydroxylation is 1. The van der Waals surface area contributed by atoms with Gasteiger partial charge in [0.2, 0.25) is 23.4 Å². The van der Waals surface area contributed by atoms with Gasteiger partial charge in [0, 0.05) is 43.7 Å². The van der Waals surface area contributed by atoms with Gasteiger partial charge in [-0.1, -0.05) is 19.0 Å². The fourth-order valence-electron chi connectivity index (χ4n) is 3.42. The van der Waals surface area contributed by atoms with Crippen molar-refractivity contribution >= 4 is 11.9 Å². The van der Waals surface area contributed by atoms with E-state index in [2.05, 4.69) is 25.4 Å². The van der Waals surface area contributed by atoms with Gasteiger partial charge in [-0.3, -0.25) is 4.79 Å². The smallest absolute Gasteiger partial charge is 0.330 e. The third-order valence-corrected chi connectivity index (χ3v) is 5.28. The van der Waals surface area contributed by atoms with Gasteiger partial charge >= 0.3 is 5.97 Å². The van der Waals surface area contributed by atoms with Crippen molar-refractivity contribution in [2.24, 2.45) is 5.41 Å². The molecule has 2 aromatic rings. The molecule has 2 N–H and O–H groups in total. The van der Waals surface area contributed by atoms with Crippen molar-refractivity contribution in [2.45, 2.75) is 51.7 Å². The summed E-state index contributed by atoms with van der Waals surface area (Å²) in [6.45, 7) is 5.92. The van der Waals surface area contributed by atoms with Crippen LogP contribution in [0.2, 0.25) is 0 Å². The lowest BCUT2D eigenvalue weighted by atomic mass is 9.54. The molecule has 28 heavy (non-hydrogen) atoms. The predicted octanol–water partition coefficient (Wildman–Crippen LogP) is 1.23. The molecule has 1 aliphatic rings. The van der Waals surface area contributed by atoms with Crippen molar-refractivity contribution in [2.75, 3.05) is 6.61 Å². The Hall–Kier alpha value is -2.88. The van der Waals surface area contributed by atoms with E-state index in [4.69, 9.17) is 9.26 Å². The average molecular weight is 389 g/mol. The summed E-state index contributed by atoms with van der Waals surface area (Å²) in [4.78, 5) is 36.6. The van der Waals surface area contributed by atoms with Crippen molar-refractivity contribution in [3.8, 4) is 11.6 Å². The number of rotatable bonds is 8. The number of carbonyl (C=O) groups excluding carboxylic acids is 1. The summed E-state index contributed by atoms with van der Waals surface area (Å²) in [6.07, 6.45) is 3.32. The lowest BCUT2D eigenvalue weighted by Gasteiger charge is -2.58. The van der Waals surface area contributed by atoms with E-state index >= 15 is 0 Å². The molecule has 1 fully saturated rings.